The number of hydrogen-bond acceptors (Lipinski definition) is 6. The Bertz CT molecular complexity index is 466. The van der Waals surface area contributed by atoms with Gasteiger partial charge in [0.2, 0.25) is 0 Å². The first-order valence-electron chi connectivity index (χ1n) is 6.34. The molecular formula is C12H17N3O2S. The molecule has 1 aromatic heterocycles. The molecule has 1 atom stereocenters. The van der Waals surface area contributed by atoms with Crippen LogP contribution in [0.5, 0.6) is 0 Å². The van der Waals surface area contributed by atoms with Crippen LogP contribution in [0.15, 0.2) is 5.16 Å². The van der Waals surface area contributed by atoms with Gasteiger partial charge >= 0.3 is 0 Å². The summed E-state index contributed by atoms with van der Waals surface area (Å²) in [6.07, 6.45) is 2.00. The summed E-state index contributed by atoms with van der Waals surface area (Å²) in [5.74, 6) is 0.320. The molecule has 2 heterocycles. The van der Waals surface area contributed by atoms with Gasteiger partial charge in [0.1, 0.15) is 5.71 Å². The summed E-state index contributed by atoms with van der Waals surface area (Å²) in [5, 5.41) is 13.7. The Labute approximate surface area is 110 Å². The van der Waals surface area contributed by atoms with Crippen LogP contribution in [0.2, 0.25) is 0 Å². The van der Waals surface area contributed by atoms with E-state index in [9.17, 15) is 0 Å². The van der Waals surface area contributed by atoms with E-state index in [1.807, 2.05) is 0 Å². The van der Waals surface area contributed by atoms with Crippen LogP contribution in [-0.4, -0.2) is 42.2 Å². The molecule has 18 heavy (non-hydrogen) atoms. The highest BCUT2D eigenvalue weighted by Crippen LogP contribution is 2.34. The molecule has 2 aliphatic rings. The van der Waals surface area contributed by atoms with Crippen LogP contribution in [0.25, 0.3) is 0 Å². The number of aryl methyl sites for hydroxylation is 1. The van der Waals surface area contributed by atoms with Crippen molar-refractivity contribution in [3.63, 3.8) is 0 Å². The fraction of sp³-hybridized carbons (Fsp3) is 0.667. The average molecular weight is 267 g/mol. The lowest BCUT2D eigenvalue weighted by Gasteiger charge is -2.26. The third kappa shape index (κ3) is 1.99. The second-order valence-corrected chi connectivity index (χ2v) is 5.77. The summed E-state index contributed by atoms with van der Waals surface area (Å²) in [6, 6.07) is 0. The first-order chi connectivity index (χ1) is 8.79. The quantitative estimate of drug-likeness (QED) is 0.622. The molecule has 0 amide bonds. The average Bonchev–Trinajstić information content (AvgIpc) is 2.84. The van der Waals surface area contributed by atoms with Crippen molar-refractivity contribution in [3.05, 3.63) is 10.6 Å². The Balaban J connectivity index is 1.91. The van der Waals surface area contributed by atoms with E-state index in [4.69, 9.17) is 14.9 Å². The minimum atomic E-state index is 0.320. The van der Waals surface area contributed by atoms with Gasteiger partial charge < -0.3 is 14.8 Å². The normalized spacial score (nSPS) is 26.4. The van der Waals surface area contributed by atoms with Gasteiger partial charge in [-0.25, -0.2) is 4.98 Å². The maximum Gasteiger partial charge on any atom is 0.186 e. The lowest BCUT2D eigenvalue weighted by Crippen LogP contribution is -2.36. The second kappa shape index (κ2) is 4.85. The summed E-state index contributed by atoms with van der Waals surface area (Å²) >= 11 is 1.65. The molecule has 0 radical (unpaired) electrons. The molecule has 98 valence electrons. The summed E-state index contributed by atoms with van der Waals surface area (Å²) in [6.45, 7) is 5.43. The lowest BCUT2D eigenvalue weighted by molar-refractivity contribution is 0.122. The largest absolute Gasteiger partial charge is 0.411 e. The highest BCUT2D eigenvalue weighted by Gasteiger charge is 2.28. The molecular weight excluding hydrogens is 250 g/mol. The number of nitrogens with zero attached hydrogens (tertiary/aromatic N) is 3. The second-order valence-electron chi connectivity index (χ2n) is 4.80. The Morgan fingerprint density at radius 1 is 1.44 bits per heavy atom. The molecule has 0 bridgehead atoms. The molecule has 1 aliphatic carbocycles. The van der Waals surface area contributed by atoms with Gasteiger partial charge in [-0.1, -0.05) is 23.4 Å². The molecule has 0 aromatic carbocycles. The molecule has 3 rings (SSSR count). The van der Waals surface area contributed by atoms with Gasteiger partial charge in [0.15, 0.2) is 5.13 Å². The molecule has 1 unspecified atom stereocenters. The number of ether oxygens (including phenoxy) is 1. The Hall–Kier alpha value is -1.14. The van der Waals surface area contributed by atoms with E-state index < -0.39 is 0 Å². The van der Waals surface area contributed by atoms with Crippen LogP contribution in [0.3, 0.4) is 0 Å². The minimum absolute atomic E-state index is 0.320. The van der Waals surface area contributed by atoms with E-state index in [0.717, 1.165) is 60.6 Å². The molecule has 1 aliphatic heterocycles. The molecule has 1 saturated heterocycles. The number of thiazole rings is 1. The summed E-state index contributed by atoms with van der Waals surface area (Å²) in [7, 11) is 0. The van der Waals surface area contributed by atoms with Gasteiger partial charge in [-0.05, 0) is 12.8 Å². The van der Waals surface area contributed by atoms with Gasteiger partial charge in [-0.2, -0.15) is 0 Å². The smallest absolute Gasteiger partial charge is 0.186 e. The maximum atomic E-state index is 9.16. The van der Waals surface area contributed by atoms with Crippen molar-refractivity contribution in [1.29, 1.82) is 0 Å². The molecule has 0 spiro atoms. The van der Waals surface area contributed by atoms with E-state index in [-0.39, 0.29) is 0 Å². The summed E-state index contributed by atoms with van der Waals surface area (Å²) in [5.41, 5.74) is 1.89. The van der Waals surface area contributed by atoms with Crippen LogP contribution in [0.1, 0.15) is 23.9 Å². The number of hydrogen-bond donors (Lipinski definition) is 1. The Kier molecular flexibility index (Phi) is 3.22. The molecule has 5 nitrogen and oxygen atoms in total. The predicted molar refractivity (Wildman–Crippen MR) is 71.0 cm³/mol. The van der Waals surface area contributed by atoms with Crippen molar-refractivity contribution >= 4 is 22.2 Å². The number of fused-ring (bicyclic) bond motifs is 1. The maximum absolute atomic E-state index is 9.16. The van der Waals surface area contributed by atoms with Crippen molar-refractivity contribution in [2.45, 2.75) is 19.8 Å². The first kappa shape index (κ1) is 11.9. The third-order valence-corrected chi connectivity index (χ3v) is 4.77. The Morgan fingerprint density at radius 2 is 2.22 bits per heavy atom. The summed E-state index contributed by atoms with van der Waals surface area (Å²) in [4.78, 5) is 8.03. The van der Waals surface area contributed by atoms with Crippen molar-refractivity contribution in [1.82, 2.24) is 4.98 Å². The third-order valence-electron chi connectivity index (χ3n) is 3.59. The fourth-order valence-electron chi connectivity index (χ4n) is 2.46. The van der Waals surface area contributed by atoms with E-state index in [1.165, 1.54) is 0 Å². The highest BCUT2D eigenvalue weighted by atomic mass is 32.1. The van der Waals surface area contributed by atoms with E-state index in [2.05, 4.69) is 17.0 Å². The molecule has 0 saturated carbocycles. The van der Waals surface area contributed by atoms with Crippen LogP contribution in [0, 0.1) is 5.92 Å². The van der Waals surface area contributed by atoms with Crippen LogP contribution < -0.4 is 4.90 Å². The molecule has 1 aromatic rings. The van der Waals surface area contributed by atoms with Gasteiger partial charge in [0, 0.05) is 19.0 Å². The van der Waals surface area contributed by atoms with Gasteiger partial charge in [0.05, 0.1) is 23.8 Å². The highest BCUT2D eigenvalue weighted by molar-refractivity contribution is 7.17. The zero-order valence-corrected chi connectivity index (χ0v) is 11.2. The van der Waals surface area contributed by atoms with Gasteiger partial charge in [-0.15, -0.1) is 0 Å². The zero-order chi connectivity index (χ0) is 12.5. The number of anilines is 1. The van der Waals surface area contributed by atoms with Crippen LogP contribution in [-0.2, 0) is 11.2 Å². The van der Waals surface area contributed by atoms with E-state index in [0.29, 0.717) is 5.92 Å². The number of rotatable bonds is 1. The van der Waals surface area contributed by atoms with Crippen LogP contribution in [0.4, 0.5) is 5.13 Å². The number of aromatic nitrogens is 1. The SMILES string of the molecule is CC1CCc2nc(N3CCOCC3)sc2C1=NO. The Morgan fingerprint density at radius 3 is 2.94 bits per heavy atom. The van der Waals surface area contributed by atoms with Crippen molar-refractivity contribution in [2.24, 2.45) is 11.1 Å². The van der Waals surface area contributed by atoms with Crippen molar-refractivity contribution in [2.75, 3.05) is 31.2 Å². The lowest BCUT2D eigenvalue weighted by atomic mass is 9.91. The minimum Gasteiger partial charge on any atom is -0.411 e. The van der Waals surface area contributed by atoms with Gasteiger partial charge in [-0.3, -0.25) is 0 Å². The van der Waals surface area contributed by atoms with E-state index in [1.54, 1.807) is 11.3 Å². The molecule has 6 heteroatoms. The number of oxime groups is 1. The molecule has 1 fully saturated rings. The van der Waals surface area contributed by atoms with Crippen molar-refractivity contribution in [3.8, 4) is 0 Å². The van der Waals surface area contributed by atoms with E-state index >= 15 is 0 Å². The fourth-order valence-corrected chi connectivity index (χ4v) is 3.72. The standard InChI is InChI=1S/C12H17N3O2S/c1-8-2-3-9-11(10(8)14-16)18-12(13-9)15-4-6-17-7-5-15/h8,16H,2-7H2,1H3. The number of morpholine rings is 1. The summed E-state index contributed by atoms with van der Waals surface area (Å²) < 4.78 is 5.35. The van der Waals surface area contributed by atoms with Gasteiger partial charge in [0.25, 0.3) is 0 Å². The van der Waals surface area contributed by atoms with Crippen LogP contribution >= 0.6 is 11.3 Å². The first-order valence-corrected chi connectivity index (χ1v) is 7.16. The predicted octanol–water partition coefficient (Wildman–Crippen LogP) is 1.74. The van der Waals surface area contributed by atoms with Crippen molar-refractivity contribution < 1.29 is 9.94 Å². The zero-order valence-electron chi connectivity index (χ0n) is 10.4. The topological polar surface area (TPSA) is 58.0 Å². The molecule has 1 N–H and O–H groups in total. The monoisotopic (exact) mass is 267 g/mol.